The van der Waals surface area contributed by atoms with E-state index in [9.17, 15) is 19.5 Å². The lowest BCUT2D eigenvalue weighted by Crippen LogP contribution is -2.56. The minimum atomic E-state index is -1.82. The van der Waals surface area contributed by atoms with Gasteiger partial charge in [0.1, 0.15) is 23.2 Å². The fraction of sp³-hybridized carbons (Fsp3) is 0.400. The average molecular weight is 698 g/mol. The molecular weight excluding hydrogens is 656 g/mol. The van der Waals surface area contributed by atoms with Crippen LogP contribution in [-0.2, 0) is 14.4 Å². The van der Waals surface area contributed by atoms with Crippen molar-refractivity contribution < 1.29 is 38.4 Å². The van der Waals surface area contributed by atoms with Gasteiger partial charge in [0, 0.05) is 12.3 Å². The lowest BCUT2D eigenvalue weighted by Gasteiger charge is -2.44. The summed E-state index contributed by atoms with van der Waals surface area (Å²) in [6.07, 6.45) is -0.604. The average Bonchev–Trinajstić information content (AvgIpc) is 2.99. The highest BCUT2D eigenvalue weighted by molar-refractivity contribution is 9.10. The highest BCUT2D eigenvalue weighted by atomic mass is 79.9. The third-order valence-electron chi connectivity index (χ3n) is 7.71. The van der Waals surface area contributed by atoms with Crippen LogP contribution >= 0.6 is 15.9 Å². The first-order valence-electron chi connectivity index (χ1n) is 15.3. The summed E-state index contributed by atoms with van der Waals surface area (Å²) in [4.78, 5) is 42.3. The summed E-state index contributed by atoms with van der Waals surface area (Å²) in [6.45, 7) is 9.58. The van der Waals surface area contributed by atoms with Gasteiger partial charge in [-0.1, -0.05) is 24.3 Å². The highest BCUT2D eigenvalue weighted by Gasteiger charge is 2.56. The lowest BCUT2D eigenvalue weighted by atomic mass is 9.61. The summed E-state index contributed by atoms with van der Waals surface area (Å²) in [5, 5.41) is 17.5. The van der Waals surface area contributed by atoms with E-state index in [1.54, 1.807) is 60.7 Å². The standard InChI is InChI=1S/C35H41BrN2O8/c1-7-44-26-15-11-9-13-23(26)37-33(40)30-25(39)19-35(5,42)31(34(41)38-24-14-10-12-16-27(24)45-8-2)29(30)21-17-22(36)32(46-20(3)4)28(18-21)43-6/h9-18,20,29-31,42H,7-8,19H2,1-6H3,(H,37,40)(H,38,41). The zero-order valence-electron chi connectivity index (χ0n) is 26.9. The summed E-state index contributed by atoms with van der Waals surface area (Å²) in [5.74, 6) is -3.83. The summed E-state index contributed by atoms with van der Waals surface area (Å²) in [7, 11) is 1.48. The molecule has 1 saturated carbocycles. The van der Waals surface area contributed by atoms with Gasteiger partial charge >= 0.3 is 0 Å². The minimum absolute atomic E-state index is 0.180. The van der Waals surface area contributed by atoms with Gasteiger partial charge in [0.25, 0.3) is 0 Å². The maximum atomic E-state index is 14.3. The normalized spacial score (nSPS) is 21.0. The molecule has 0 saturated heterocycles. The Morgan fingerprint density at radius 3 is 2.00 bits per heavy atom. The summed E-state index contributed by atoms with van der Waals surface area (Å²) < 4.78 is 23.5. The Morgan fingerprint density at radius 2 is 1.48 bits per heavy atom. The van der Waals surface area contributed by atoms with Gasteiger partial charge in [0.2, 0.25) is 11.8 Å². The number of aliphatic hydroxyl groups is 1. The molecule has 3 aromatic rings. The van der Waals surface area contributed by atoms with E-state index in [4.69, 9.17) is 18.9 Å². The van der Waals surface area contributed by atoms with Crippen molar-refractivity contribution in [3.8, 4) is 23.0 Å². The molecule has 2 amide bonds. The first-order chi connectivity index (χ1) is 21.9. The molecule has 4 unspecified atom stereocenters. The van der Waals surface area contributed by atoms with Gasteiger partial charge in [-0.05, 0) is 92.5 Å². The van der Waals surface area contributed by atoms with E-state index in [0.717, 1.165) is 0 Å². The number of rotatable bonds is 12. The minimum Gasteiger partial charge on any atom is -0.493 e. The Morgan fingerprint density at radius 1 is 0.935 bits per heavy atom. The molecule has 0 aromatic heterocycles. The molecule has 0 heterocycles. The molecule has 0 aliphatic heterocycles. The van der Waals surface area contributed by atoms with Crippen molar-refractivity contribution in [2.75, 3.05) is 31.0 Å². The molecule has 0 bridgehead atoms. The van der Waals surface area contributed by atoms with E-state index in [0.29, 0.717) is 57.6 Å². The monoisotopic (exact) mass is 696 g/mol. The van der Waals surface area contributed by atoms with E-state index < -0.39 is 47.4 Å². The van der Waals surface area contributed by atoms with Crippen molar-refractivity contribution in [1.29, 1.82) is 0 Å². The van der Waals surface area contributed by atoms with Crippen molar-refractivity contribution >= 4 is 44.9 Å². The quantitative estimate of drug-likeness (QED) is 0.187. The maximum absolute atomic E-state index is 14.3. The number of para-hydroxylation sites is 4. The Balaban J connectivity index is 1.87. The second-order valence-electron chi connectivity index (χ2n) is 11.5. The van der Waals surface area contributed by atoms with Crippen LogP contribution in [0.25, 0.3) is 0 Å². The summed E-state index contributed by atoms with van der Waals surface area (Å²) >= 11 is 3.57. The molecule has 1 aliphatic rings. The number of hydrogen-bond acceptors (Lipinski definition) is 8. The van der Waals surface area contributed by atoms with E-state index in [2.05, 4.69) is 26.6 Å². The molecule has 4 atom stereocenters. The summed E-state index contributed by atoms with van der Waals surface area (Å²) in [6, 6.07) is 17.2. The number of anilines is 2. The predicted molar refractivity (Wildman–Crippen MR) is 179 cm³/mol. The zero-order valence-corrected chi connectivity index (χ0v) is 28.5. The number of halogens is 1. The van der Waals surface area contributed by atoms with Crippen LogP contribution in [0.1, 0.15) is 52.5 Å². The van der Waals surface area contributed by atoms with Crippen molar-refractivity contribution in [2.45, 2.75) is 58.7 Å². The number of Topliss-reactive ketones (excluding diaryl/α,β-unsaturated/α-hetero) is 1. The van der Waals surface area contributed by atoms with Gasteiger partial charge in [-0.3, -0.25) is 14.4 Å². The second kappa shape index (κ2) is 15.0. The first kappa shape index (κ1) is 34.8. The lowest BCUT2D eigenvalue weighted by molar-refractivity contribution is -0.150. The molecule has 1 fully saturated rings. The van der Waals surface area contributed by atoms with E-state index in [-0.39, 0.29) is 6.10 Å². The van der Waals surface area contributed by atoms with Crippen LogP contribution in [0.2, 0.25) is 0 Å². The molecule has 0 radical (unpaired) electrons. The number of nitrogens with one attached hydrogen (secondary N) is 2. The largest absolute Gasteiger partial charge is 0.493 e. The van der Waals surface area contributed by atoms with E-state index >= 15 is 0 Å². The van der Waals surface area contributed by atoms with Gasteiger partial charge in [0.15, 0.2) is 11.5 Å². The van der Waals surface area contributed by atoms with Gasteiger partial charge in [-0.2, -0.15) is 0 Å². The van der Waals surface area contributed by atoms with E-state index in [1.807, 2.05) is 27.7 Å². The first-order valence-corrected chi connectivity index (χ1v) is 16.1. The van der Waals surface area contributed by atoms with Gasteiger partial charge in [-0.15, -0.1) is 0 Å². The number of carbonyl (C=O) groups is 3. The molecular formula is C35H41BrN2O8. The Labute approximate surface area is 277 Å². The van der Waals surface area contributed by atoms with Gasteiger partial charge in [-0.25, -0.2) is 0 Å². The number of ketones is 1. The Bertz CT molecular complexity index is 1570. The molecule has 46 heavy (non-hydrogen) atoms. The molecule has 10 nitrogen and oxygen atoms in total. The second-order valence-corrected chi connectivity index (χ2v) is 12.4. The number of hydrogen-bond donors (Lipinski definition) is 3. The van der Waals surface area contributed by atoms with Crippen LogP contribution in [0.3, 0.4) is 0 Å². The van der Waals surface area contributed by atoms with Crippen LogP contribution in [0.15, 0.2) is 65.1 Å². The van der Waals surface area contributed by atoms with Gasteiger partial charge < -0.3 is 34.7 Å². The smallest absolute Gasteiger partial charge is 0.235 e. The van der Waals surface area contributed by atoms with E-state index in [1.165, 1.54) is 14.0 Å². The topological polar surface area (TPSA) is 132 Å². The number of ether oxygens (including phenoxy) is 4. The van der Waals surface area contributed by atoms with Crippen molar-refractivity contribution in [3.05, 3.63) is 70.7 Å². The molecule has 0 spiro atoms. The third kappa shape index (κ3) is 7.64. The highest BCUT2D eigenvalue weighted by Crippen LogP contribution is 2.50. The molecule has 3 N–H and O–H groups in total. The van der Waals surface area contributed by atoms with Crippen molar-refractivity contribution in [3.63, 3.8) is 0 Å². The number of carbonyl (C=O) groups excluding carboxylic acids is 3. The maximum Gasteiger partial charge on any atom is 0.235 e. The molecule has 11 heteroatoms. The van der Waals surface area contributed by atoms with Crippen molar-refractivity contribution in [1.82, 2.24) is 0 Å². The molecule has 246 valence electrons. The van der Waals surface area contributed by atoms with Crippen molar-refractivity contribution in [2.24, 2.45) is 11.8 Å². The number of benzene rings is 3. The molecule has 1 aliphatic carbocycles. The van der Waals surface area contributed by atoms with Crippen LogP contribution < -0.4 is 29.6 Å². The summed E-state index contributed by atoms with van der Waals surface area (Å²) in [5.41, 5.74) is -0.625. The van der Waals surface area contributed by atoms with Crippen LogP contribution in [0, 0.1) is 11.8 Å². The zero-order chi connectivity index (χ0) is 33.6. The van der Waals surface area contributed by atoms with Crippen LogP contribution in [-0.4, -0.2) is 54.7 Å². The fourth-order valence-corrected chi connectivity index (χ4v) is 6.45. The van der Waals surface area contributed by atoms with Gasteiger partial charge in [0.05, 0.1) is 53.8 Å². The van der Waals surface area contributed by atoms with Crippen LogP contribution in [0.5, 0.6) is 23.0 Å². The fourth-order valence-electron chi connectivity index (χ4n) is 5.90. The SMILES string of the molecule is CCOc1ccccc1NC(=O)C1C(=O)CC(C)(O)C(C(=O)Nc2ccccc2OCC)C1c1cc(Br)c(OC(C)C)c(OC)c1. The Hall–Kier alpha value is -4.09. The van der Waals surface area contributed by atoms with Crippen LogP contribution in [0.4, 0.5) is 11.4 Å². The number of amides is 2. The number of methoxy groups -OCH3 is 1. The Kier molecular flexibility index (Phi) is 11.3. The third-order valence-corrected chi connectivity index (χ3v) is 8.30. The molecule has 3 aromatic carbocycles. The molecule has 4 rings (SSSR count). The predicted octanol–water partition coefficient (Wildman–Crippen LogP) is 6.36.